The molecule has 6 atom stereocenters. The Balaban J connectivity index is 0.000000344. The molecule has 0 aliphatic carbocycles. The van der Waals surface area contributed by atoms with Crippen molar-refractivity contribution in [1.82, 2.24) is 0 Å². The lowest BCUT2D eigenvalue weighted by Crippen LogP contribution is -2.24. The Kier molecular flexibility index (Phi) is 39.0. The average molecular weight is 1000 g/mol. The molecule has 8 heterocycles. The van der Waals surface area contributed by atoms with Crippen LogP contribution in [0.3, 0.4) is 0 Å². The molecule has 8 aliphatic rings. The molecule has 0 N–H and O–H groups in total. The van der Waals surface area contributed by atoms with Crippen LogP contribution in [0.15, 0.2) is 0 Å². The minimum absolute atomic E-state index is 0.430. The molecule has 8 saturated heterocycles. The van der Waals surface area contributed by atoms with Gasteiger partial charge in [-0.3, -0.25) is 19.2 Å². The zero-order valence-corrected chi connectivity index (χ0v) is 45.7. The predicted octanol–water partition coefficient (Wildman–Crippen LogP) is 4.14. The van der Waals surface area contributed by atoms with Gasteiger partial charge in [0.15, 0.2) is 23.1 Å². The van der Waals surface area contributed by atoms with Crippen molar-refractivity contribution in [3.8, 4) is 0 Å². The molecule has 8 rings (SSSR count). The molecule has 6 unspecified atom stereocenters. The van der Waals surface area contributed by atoms with Crippen LogP contribution in [-0.4, -0.2) is 205 Å². The normalized spacial score (nSPS) is 29.9. The van der Waals surface area contributed by atoms with E-state index < -0.39 is 0 Å². The summed E-state index contributed by atoms with van der Waals surface area (Å²) in [5.41, 5.74) is 0. The van der Waals surface area contributed by atoms with Gasteiger partial charge < -0.3 is 18.9 Å². The van der Waals surface area contributed by atoms with E-state index in [0.717, 1.165) is 137 Å². The summed E-state index contributed by atoms with van der Waals surface area (Å²) in [5.74, 6) is 20.8. The van der Waals surface area contributed by atoms with Gasteiger partial charge in [-0.2, -0.15) is 0 Å². The molecular weight excluding hydrogens is 913 g/mol. The standard InChI is InChI=1S/C7H13OS.C6H11OS.C6H13OS.C6H11OS.C5H11OS.C5H9OS.C5H11OS.C4H9OS/c1-9-5-2-3-7(8)4-6-9;1-8-4-2-6(7)3-5-8;1-8-5-2-3-7-4-6-8;1-8-4-2-3-6(7)5-8;1-7-4-2-6-3-5-7;1-7-3-2-5(6)4-7;1-7-4-2-3-6-5-7;1-6-3-2-5-4-6/h2-6H2,1H3;2-5H2,1H3;2-6H2,1H3;2-5H2,1H3;2-5H2,1H3;2-4H2,1H3;2-5H2,1H3;2-4H2,1H3/q8*+1. The van der Waals surface area contributed by atoms with Gasteiger partial charge in [-0.25, -0.2) is 0 Å². The number of ketones is 4. The van der Waals surface area contributed by atoms with E-state index in [1.54, 1.807) is 0 Å². The minimum Gasteiger partial charge on any atom is -0.376 e. The van der Waals surface area contributed by atoms with E-state index in [1.807, 2.05) is 0 Å². The number of carbonyl (C=O) groups is 4. The van der Waals surface area contributed by atoms with E-state index in [9.17, 15) is 19.2 Å². The van der Waals surface area contributed by atoms with Gasteiger partial charge in [0.2, 0.25) is 11.9 Å². The quantitative estimate of drug-likeness (QED) is 0.334. The monoisotopic (exact) mass is 1000 g/mol. The summed E-state index contributed by atoms with van der Waals surface area (Å²) in [6.07, 6.45) is 27.9. The van der Waals surface area contributed by atoms with Crippen molar-refractivity contribution in [2.45, 2.75) is 64.2 Å². The lowest BCUT2D eigenvalue weighted by atomic mass is 10.2. The van der Waals surface area contributed by atoms with Crippen LogP contribution in [0.5, 0.6) is 0 Å². The molecular formula is C44H88O8S8+8. The topological polar surface area (TPSA) is 105 Å². The molecule has 8 nitrogen and oxygen atoms in total. The van der Waals surface area contributed by atoms with Gasteiger partial charge in [0.05, 0.1) is 115 Å². The van der Waals surface area contributed by atoms with Crippen LogP contribution >= 0.6 is 0 Å². The summed E-state index contributed by atoms with van der Waals surface area (Å²) in [4.78, 5) is 42.6. The first-order valence-electron chi connectivity index (χ1n) is 21.8. The maximum absolute atomic E-state index is 10.8. The summed E-state index contributed by atoms with van der Waals surface area (Å²) in [5, 5.41) is 0. The van der Waals surface area contributed by atoms with Gasteiger partial charge >= 0.3 is 0 Å². The number of hydrogen-bond donors (Lipinski definition) is 0. The van der Waals surface area contributed by atoms with Gasteiger partial charge in [0, 0.05) is 47.5 Å². The first-order chi connectivity index (χ1) is 28.7. The number of ether oxygens (including phenoxy) is 4. The molecule has 352 valence electrons. The maximum Gasteiger partial charge on any atom is 0.208 e. The highest BCUT2D eigenvalue weighted by atomic mass is 32.2. The zero-order chi connectivity index (χ0) is 44.4. The fraction of sp³-hybridized carbons (Fsp3) is 0.909. The van der Waals surface area contributed by atoms with Crippen LogP contribution in [-0.2, 0) is 125 Å². The molecule has 0 aromatic rings. The summed E-state index contributed by atoms with van der Waals surface area (Å²) in [6, 6.07) is 0. The van der Waals surface area contributed by atoms with E-state index in [-0.39, 0.29) is 0 Å². The van der Waals surface area contributed by atoms with E-state index in [1.165, 1.54) is 58.9 Å². The van der Waals surface area contributed by atoms with Crippen molar-refractivity contribution in [3.63, 3.8) is 0 Å². The van der Waals surface area contributed by atoms with Gasteiger partial charge in [-0.05, 0) is 78.2 Å². The molecule has 0 saturated carbocycles. The molecule has 8 fully saturated rings. The Labute approximate surface area is 391 Å². The second-order valence-corrected chi connectivity index (χ2v) is 34.8. The number of Topliss-reactive ketones (excluding diaryl/α,β-unsaturated/α-hetero) is 4. The van der Waals surface area contributed by atoms with Crippen molar-refractivity contribution < 1.29 is 38.1 Å². The highest BCUT2D eigenvalue weighted by molar-refractivity contribution is 7.98. The highest BCUT2D eigenvalue weighted by Crippen LogP contribution is 2.10. The summed E-state index contributed by atoms with van der Waals surface area (Å²) in [7, 11) is 4.54. The first-order valence-corrected chi connectivity index (χ1v) is 37.6. The van der Waals surface area contributed by atoms with Crippen LogP contribution < -0.4 is 0 Å². The Morgan fingerprint density at radius 3 is 0.983 bits per heavy atom. The molecule has 16 heteroatoms. The zero-order valence-electron chi connectivity index (χ0n) is 39.2. The SMILES string of the molecule is C[S+]1CCC(=O)C1.C[S+]1CCC(=O)CC1.C[S+]1CCCC(=O)C1.C[S+]1CCCC(=O)CC1.C[S+]1CCCOC1.C[S+]1CCCOCC1.C[S+]1CCOC1.C[S+]1CCOCC1. The van der Waals surface area contributed by atoms with Crippen molar-refractivity contribution in [3.05, 3.63) is 0 Å². The van der Waals surface area contributed by atoms with Crippen molar-refractivity contribution in [2.24, 2.45) is 0 Å². The minimum atomic E-state index is 0.430. The van der Waals surface area contributed by atoms with E-state index in [0.29, 0.717) is 110 Å². The fourth-order valence-electron chi connectivity index (χ4n) is 6.02. The van der Waals surface area contributed by atoms with E-state index in [4.69, 9.17) is 18.9 Å². The van der Waals surface area contributed by atoms with Gasteiger partial charge in [-0.15, -0.1) is 0 Å². The van der Waals surface area contributed by atoms with Crippen LogP contribution in [0.4, 0.5) is 0 Å². The first kappa shape index (κ1) is 59.3. The molecule has 0 aromatic heterocycles. The lowest BCUT2D eigenvalue weighted by Gasteiger charge is -2.09. The summed E-state index contributed by atoms with van der Waals surface area (Å²) in [6.45, 7) is 5.99. The van der Waals surface area contributed by atoms with Crippen molar-refractivity contribution in [2.75, 3.05) is 182 Å². The van der Waals surface area contributed by atoms with Gasteiger partial charge in [0.1, 0.15) is 80.6 Å². The third-order valence-electron chi connectivity index (χ3n) is 10.1. The molecule has 60 heavy (non-hydrogen) atoms. The second kappa shape index (κ2) is 39.5. The molecule has 0 amide bonds. The molecule has 0 bridgehead atoms. The van der Waals surface area contributed by atoms with Crippen molar-refractivity contribution >= 4 is 110 Å². The Morgan fingerprint density at radius 1 is 0.283 bits per heavy atom. The average Bonchev–Trinajstić information content (AvgIpc) is 3.72. The molecule has 0 radical (unpaired) electrons. The number of carbonyl (C=O) groups excluding carboxylic acids is 4. The fourth-order valence-corrected chi connectivity index (χ4v) is 16.0. The van der Waals surface area contributed by atoms with Crippen molar-refractivity contribution in [1.29, 1.82) is 0 Å². The lowest BCUT2D eigenvalue weighted by molar-refractivity contribution is -0.119. The van der Waals surface area contributed by atoms with Crippen LogP contribution in [0.25, 0.3) is 0 Å². The van der Waals surface area contributed by atoms with Gasteiger partial charge in [0.25, 0.3) is 0 Å². The number of rotatable bonds is 0. The summed E-state index contributed by atoms with van der Waals surface area (Å²) >= 11 is 0. The second-order valence-electron chi connectivity index (χ2n) is 16.3. The number of hydrogen-bond acceptors (Lipinski definition) is 8. The smallest absolute Gasteiger partial charge is 0.208 e. The van der Waals surface area contributed by atoms with Crippen LogP contribution in [0.1, 0.15) is 64.2 Å². The van der Waals surface area contributed by atoms with Gasteiger partial charge in [-0.1, -0.05) is 0 Å². The van der Waals surface area contributed by atoms with Crippen LogP contribution in [0, 0.1) is 0 Å². The maximum atomic E-state index is 10.8. The Morgan fingerprint density at radius 2 is 0.583 bits per heavy atom. The third kappa shape index (κ3) is 37.5. The Hall–Kier alpha value is 1.32. The molecule has 0 spiro atoms. The predicted molar refractivity (Wildman–Crippen MR) is 284 cm³/mol. The molecule has 0 aromatic carbocycles. The molecule has 8 aliphatic heterocycles. The van der Waals surface area contributed by atoms with E-state index >= 15 is 0 Å². The Bertz CT molecular complexity index is 1070. The van der Waals surface area contributed by atoms with Crippen LogP contribution in [0.2, 0.25) is 0 Å². The third-order valence-corrected chi connectivity index (χ3v) is 23.8. The highest BCUT2D eigenvalue weighted by Gasteiger charge is 2.26. The summed E-state index contributed by atoms with van der Waals surface area (Å²) < 4.78 is 20.7. The largest absolute Gasteiger partial charge is 0.376 e. The van der Waals surface area contributed by atoms with E-state index in [2.05, 4.69) is 50.0 Å².